The smallest absolute Gasteiger partial charge is 0.338 e. The number of rotatable bonds is 8. The Morgan fingerprint density at radius 2 is 1.88 bits per heavy atom. The number of carbonyl (C=O) groups is 2. The Kier molecular flexibility index (Phi) is 8.63. The third kappa shape index (κ3) is 5.65. The summed E-state index contributed by atoms with van der Waals surface area (Å²) in [4.78, 5) is 43.7. The average Bonchev–Trinajstić information content (AvgIpc) is 3.56. The molecule has 1 N–H and O–H groups in total. The zero-order valence-electron chi connectivity index (χ0n) is 23.3. The van der Waals surface area contributed by atoms with Crippen LogP contribution in [0.1, 0.15) is 41.6 Å². The molecule has 2 aromatic carbocycles. The summed E-state index contributed by atoms with van der Waals surface area (Å²) in [5.74, 6) is -0.120. The zero-order valence-corrected chi connectivity index (χ0v) is 26.4. The Bertz CT molecular complexity index is 1990. The van der Waals surface area contributed by atoms with E-state index in [4.69, 9.17) is 30.2 Å². The van der Waals surface area contributed by atoms with E-state index >= 15 is 0 Å². The van der Waals surface area contributed by atoms with Gasteiger partial charge in [0, 0.05) is 16.1 Å². The van der Waals surface area contributed by atoms with E-state index in [0.717, 1.165) is 11.3 Å². The molecule has 1 aliphatic heterocycles. The summed E-state index contributed by atoms with van der Waals surface area (Å²) in [5, 5.41) is 9.52. The van der Waals surface area contributed by atoms with E-state index in [1.807, 2.05) is 0 Å². The normalized spacial score (nSPS) is 14.7. The maximum Gasteiger partial charge on any atom is 0.338 e. The Labute approximate surface area is 262 Å². The van der Waals surface area contributed by atoms with E-state index in [2.05, 4.69) is 20.9 Å². The third-order valence-electron chi connectivity index (χ3n) is 6.70. The lowest BCUT2D eigenvalue weighted by molar-refractivity contribution is -0.139. The van der Waals surface area contributed by atoms with Crippen LogP contribution in [0.4, 0.5) is 0 Å². The van der Waals surface area contributed by atoms with E-state index in [1.165, 1.54) is 30.9 Å². The summed E-state index contributed by atoms with van der Waals surface area (Å²) < 4.78 is 24.6. The van der Waals surface area contributed by atoms with Crippen molar-refractivity contribution in [2.45, 2.75) is 19.9 Å². The minimum absolute atomic E-state index is 0.0560. The van der Waals surface area contributed by atoms with Crippen molar-refractivity contribution in [3.63, 3.8) is 0 Å². The number of ether oxygens (including phenoxy) is 3. The van der Waals surface area contributed by atoms with Crippen molar-refractivity contribution < 1.29 is 33.3 Å². The summed E-state index contributed by atoms with van der Waals surface area (Å²) >= 11 is 10.7. The number of benzene rings is 2. The van der Waals surface area contributed by atoms with Crippen LogP contribution < -0.4 is 24.4 Å². The molecule has 1 atom stereocenters. The molecule has 0 unspecified atom stereocenters. The first-order valence-electron chi connectivity index (χ1n) is 12.8. The van der Waals surface area contributed by atoms with Crippen LogP contribution in [0, 0.1) is 0 Å². The summed E-state index contributed by atoms with van der Waals surface area (Å²) in [6, 6.07) is 10.4. The van der Waals surface area contributed by atoms with Gasteiger partial charge in [-0.15, -0.1) is 0 Å². The van der Waals surface area contributed by atoms with Gasteiger partial charge in [0.05, 0.1) is 53.3 Å². The first-order chi connectivity index (χ1) is 20.6. The lowest BCUT2D eigenvalue weighted by Gasteiger charge is -2.26. The fourth-order valence-corrected chi connectivity index (χ4v) is 6.49. The number of aromatic carboxylic acids is 1. The van der Waals surface area contributed by atoms with Crippen molar-refractivity contribution in [2.75, 3.05) is 20.8 Å². The van der Waals surface area contributed by atoms with Gasteiger partial charge >= 0.3 is 11.9 Å². The first kappa shape index (κ1) is 30.3. The van der Waals surface area contributed by atoms with E-state index in [1.54, 1.807) is 50.3 Å². The minimum Gasteiger partial charge on any atom is -0.493 e. The van der Waals surface area contributed by atoms with Gasteiger partial charge in [-0.25, -0.2) is 14.6 Å². The van der Waals surface area contributed by atoms with Gasteiger partial charge in [-0.3, -0.25) is 9.36 Å². The molecule has 0 amide bonds. The monoisotopic (exact) mass is 686 g/mol. The van der Waals surface area contributed by atoms with Crippen LogP contribution >= 0.6 is 38.9 Å². The second kappa shape index (κ2) is 12.2. The number of fused-ring (bicyclic) bond motifs is 1. The van der Waals surface area contributed by atoms with Crippen molar-refractivity contribution in [3.8, 4) is 22.8 Å². The minimum atomic E-state index is -1.16. The van der Waals surface area contributed by atoms with Crippen molar-refractivity contribution in [2.24, 2.45) is 4.99 Å². The highest BCUT2D eigenvalue weighted by molar-refractivity contribution is 9.10. The van der Waals surface area contributed by atoms with Crippen molar-refractivity contribution in [1.82, 2.24) is 4.57 Å². The Hall–Kier alpha value is -4.13. The number of allylic oxidation sites excluding steroid dienone is 1. The first-order valence-corrected chi connectivity index (χ1v) is 14.8. The average molecular weight is 688 g/mol. The molecule has 0 radical (unpaired) electrons. The maximum absolute atomic E-state index is 14.0. The molecule has 0 spiro atoms. The van der Waals surface area contributed by atoms with Crippen LogP contribution in [0.25, 0.3) is 17.4 Å². The Balaban J connectivity index is 1.66. The highest BCUT2D eigenvalue weighted by atomic mass is 79.9. The number of halogens is 2. The lowest BCUT2D eigenvalue weighted by Crippen LogP contribution is -2.40. The number of carboxylic acid groups (broad SMARTS) is 1. The molecule has 13 heteroatoms. The quantitative estimate of drug-likeness (QED) is 0.251. The Morgan fingerprint density at radius 1 is 1.16 bits per heavy atom. The second-order valence-corrected chi connectivity index (χ2v) is 11.5. The van der Waals surface area contributed by atoms with Gasteiger partial charge in [0.1, 0.15) is 11.5 Å². The largest absolute Gasteiger partial charge is 0.493 e. The van der Waals surface area contributed by atoms with E-state index < -0.39 is 23.5 Å². The van der Waals surface area contributed by atoms with Crippen LogP contribution in [-0.4, -0.2) is 42.4 Å². The van der Waals surface area contributed by atoms with Crippen LogP contribution in [0.5, 0.6) is 11.5 Å². The van der Waals surface area contributed by atoms with Crippen molar-refractivity contribution >= 4 is 56.9 Å². The van der Waals surface area contributed by atoms with E-state index in [9.17, 15) is 19.5 Å². The predicted molar refractivity (Wildman–Crippen MR) is 164 cm³/mol. The number of aromatic nitrogens is 1. The standard InChI is InChI=1S/C30H24BrClN2O8S/c1-5-41-29(38)25-14(2)33-30-34(26(25)17-12-22(39-3)23(40-4)13-19(17)31)27(35)24(43-30)11-16-7-9-21(42-16)15-6-8-20(32)18(10-15)28(36)37/h6-13,26H,5H2,1-4H3,(H,36,37)/t26-/m0/s1. The van der Waals surface area contributed by atoms with Gasteiger partial charge in [-0.1, -0.05) is 38.9 Å². The summed E-state index contributed by atoms with van der Waals surface area (Å²) in [6.45, 7) is 3.54. The molecule has 3 heterocycles. The topological polar surface area (TPSA) is 130 Å². The summed E-state index contributed by atoms with van der Waals surface area (Å²) in [6.07, 6.45) is 1.57. The number of nitrogens with zero attached hydrogens (tertiary/aromatic N) is 2. The molecule has 43 heavy (non-hydrogen) atoms. The van der Waals surface area contributed by atoms with Gasteiger partial charge in [0.25, 0.3) is 5.56 Å². The number of carboxylic acids is 1. The summed E-state index contributed by atoms with van der Waals surface area (Å²) in [5.41, 5.74) is 1.25. The van der Waals surface area contributed by atoms with Crippen LogP contribution in [-0.2, 0) is 9.53 Å². The molecular weight excluding hydrogens is 664 g/mol. The molecule has 0 aliphatic carbocycles. The number of thiazole rings is 1. The van der Waals surface area contributed by atoms with Crippen LogP contribution in [0.3, 0.4) is 0 Å². The van der Waals surface area contributed by atoms with Crippen LogP contribution in [0.15, 0.2) is 72.4 Å². The molecular formula is C30H24BrClN2O8S. The fourth-order valence-electron chi connectivity index (χ4n) is 4.72. The number of furan rings is 1. The molecule has 0 saturated heterocycles. The lowest BCUT2D eigenvalue weighted by atomic mass is 9.95. The predicted octanol–water partition coefficient (Wildman–Crippen LogP) is 5.19. The molecule has 222 valence electrons. The van der Waals surface area contributed by atoms with Gasteiger partial charge < -0.3 is 23.7 Å². The van der Waals surface area contributed by atoms with E-state index in [-0.39, 0.29) is 22.8 Å². The fraction of sp³-hybridized carbons (Fsp3) is 0.200. The van der Waals surface area contributed by atoms with Gasteiger partial charge in [0.15, 0.2) is 16.3 Å². The number of hydrogen-bond donors (Lipinski definition) is 1. The molecule has 0 fully saturated rings. The molecule has 4 aromatic rings. The third-order valence-corrected chi connectivity index (χ3v) is 8.70. The second-order valence-electron chi connectivity index (χ2n) is 9.23. The van der Waals surface area contributed by atoms with Gasteiger partial charge in [0.2, 0.25) is 0 Å². The molecule has 5 rings (SSSR count). The highest BCUT2D eigenvalue weighted by Crippen LogP contribution is 2.40. The highest BCUT2D eigenvalue weighted by Gasteiger charge is 2.35. The molecule has 0 bridgehead atoms. The molecule has 10 nitrogen and oxygen atoms in total. The number of hydrogen-bond acceptors (Lipinski definition) is 9. The molecule has 2 aromatic heterocycles. The number of esters is 1. The van der Waals surface area contributed by atoms with Gasteiger partial charge in [-0.05, 0) is 61.9 Å². The van der Waals surface area contributed by atoms with Gasteiger partial charge in [-0.2, -0.15) is 0 Å². The molecule has 0 saturated carbocycles. The maximum atomic E-state index is 14.0. The van der Waals surface area contributed by atoms with Crippen molar-refractivity contribution in [3.05, 3.63) is 99.8 Å². The number of carbonyl (C=O) groups excluding carboxylic acids is 1. The Morgan fingerprint density at radius 3 is 2.56 bits per heavy atom. The van der Waals surface area contributed by atoms with E-state index in [0.29, 0.717) is 53.6 Å². The SMILES string of the molecule is CCOC(=O)C1=C(C)N=c2sc(=Cc3ccc(-c4ccc(Cl)c(C(=O)O)c4)o3)c(=O)n2[C@H]1c1cc(OC)c(OC)cc1Br. The molecule has 1 aliphatic rings. The zero-order chi connectivity index (χ0) is 31.0. The van der Waals surface area contributed by atoms with Crippen LogP contribution in [0.2, 0.25) is 5.02 Å². The van der Waals surface area contributed by atoms with Crippen molar-refractivity contribution in [1.29, 1.82) is 0 Å². The number of methoxy groups -OCH3 is 2. The summed E-state index contributed by atoms with van der Waals surface area (Å²) in [7, 11) is 3.01.